The summed E-state index contributed by atoms with van der Waals surface area (Å²) in [5.74, 6) is 0.585. The van der Waals surface area contributed by atoms with E-state index in [0.29, 0.717) is 5.92 Å². The van der Waals surface area contributed by atoms with Gasteiger partial charge in [0.05, 0.1) is 0 Å². The molecule has 3 N–H and O–H groups in total. The van der Waals surface area contributed by atoms with Crippen molar-refractivity contribution in [3.05, 3.63) is 11.6 Å². The fraction of sp³-hybridized carbons (Fsp3) is 0.750. The van der Waals surface area contributed by atoms with Gasteiger partial charge in [-0.25, -0.2) is 0 Å². The van der Waals surface area contributed by atoms with E-state index in [1.54, 1.807) is 0 Å². The first kappa shape index (κ1) is 7.76. The maximum atomic E-state index is 5.54. The molecular formula is C8H16N2. The van der Waals surface area contributed by atoms with Crippen molar-refractivity contribution >= 4 is 0 Å². The van der Waals surface area contributed by atoms with Gasteiger partial charge in [-0.15, -0.1) is 0 Å². The van der Waals surface area contributed by atoms with E-state index in [9.17, 15) is 0 Å². The highest BCUT2D eigenvalue weighted by molar-refractivity contribution is 5.10. The third-order valence-corrected chi connectivity index (χ3v) is 2.09. The van der Waals surface area contributed by atoms with Gasteiger partial charge in [0.1, 0.15) is 0 Å². The lowest BCUT2D eigenvalue weighted by molar-refractivity contribution is 0.600. The first-order valence-electron chi connectivity index (χ1n) is 3.94. The van der Waals surface area contributed by atoms with Gasteiger partial charge in [0, 0.05) is 6.54 Å². The molecule has 1 aliphatic heterocycles. The molecule has 0 bridgehead atoms. The highest BCUT2D eigenvalue weighted by Crippen LogP contribution is 2.14. The largest absolute Gasteiger partial charge is 0.330 e. The van der Waals surface area contributed by atoms with Gasteiger partial charge in [-0.2, -0.15) is 0 Å². The van der Waals surface area contributed by atoms with Crippen molar-refractivity contribution in [2.75, 3.05) is 19.6 Å². The van der Waals surface area contributed by atoms with E-state index in [2.05, 4.69) is 18.3 Å². The molecule has 0 radical (unpaired) electrons. The van der Waals surface area contributed by atoms with Crippen molar-refractivity contribution in [2.24, 2.45) is 11.7 Å². The standard InChI is InChI=1S/C8H16N2/c1-7(6-9)8-2-4-10-5-3-8/h2,7,10H,3-6,9H2,1H3. The summed E-state index contributed by atoms with van der Waals surface area (Å²) in [6.45, 7) is 5.12. The van der Waals surface area contributed by atoms with Crippen LogP contribution < -0.4 is 11.1 Å². The predicted molar refractivity (Wildman–Crippen MR) is 43.8 cm³/mol. The second kappa shape index (κ2) is 3.74. The van der Waals surface area contributed by atoms with Crippen LogP contribution in [0.25, 0.3) is 0 Å². The van der Waals surface area contributed by atoms with Crippen LogP contribution >= 0.6 is 0 Å². The molecule has 0 saturated carbocycles. The molecular weight excluding hydrogens is 124 g/mol. The zero-order valence-electron chi connectivity index (χ0n) is 6.56. The van der Waals surface area contributed by atoms with Crippen molar-refractivity contribution in [1.82, 2.24) is 5.32 Å². The SMILES string of the molecule is CC(CN)C1=CCNCC1. The molecule has 0 saturated heterocycles. The first-order chi connectivity index (χ1) is 4.84. The quantitative estimate of drug-likeness (QED) is 0.548. The van der Waals surface area contributed by atoms with Crippen LogP contribution in [0.1, 0.15) is 13.3 Å². The Kier molecular flexibility index (Phi) is 2.90. The molecule has 0 aliphatic carbocycles. The van der Waals surface area contributed by atoms with Gasteiger partial charge >= 0.3 is 0 Å². The van der Waals surface area contributed by atoms with Gasteiger partial charge in [0.25, 0.3) is 0 Å². The smallest absolute Gasteiger partial charge is 0.0137 e. The molecule has 1 atom stereocenters. The lowest BCUT2D eigenvalue weighted by Gasteiger charge is -2.18. The molecule has 0 aromatic carbocycles. The van der Waals surface area contributed by atoms with E-state index < -0.39 is 0 Å². The van der Waals surface area contributed by atoms with Crippen LogP contribution in [0.2, 0.25) is 0 Å². The van der Waals surface area contributed by atoms with Crippen LogP contribution in [0, 0.1) is 5.92 Å². The summed E-state index contributed by atoms with van der Waals surface area (Å²) in [6.07, 6.45) is 3.44. The Balaban J connectivity index is 2.44. The Hall–Kier alpha value is -0.340. The second-order valence-electron chi connectivity index (χ2n) is 2.87. The van der Waals surface area contributed by atoms with Crippen molar-refractivity contribution < 1.29 is 0 Å². The van der Waals surface area contributed by atoms with E-state index in [4.69, 9.17) is 5.73 Å². The molecule has 0 spiro atoms. The second-order valence-corrected chi connectivity index (χ2v) is 2.87. The van der Waals surface area contributed by atoms with Gasteiger partial charge in [-0.3, -0.25) is 0 Å². The van der Waals surface area contributed by atoms with E-state index in [1.807, 2.05) is 0 Å². The Morgan fingerprint density at radius 3 is 3.10 bits per heavy atom. The summed E-state index contributed by atoms with van der Waals surface area (Å²) >= 11 is 0. The Morgan fingerprint density at radius 1 is 1.80 bits per heavy atom. The fourth-order valence-corrected chi connectivity index (χ4v) is 1.24. The third-order valence-electron chi connectivity index (χ3n) is 2.09. The molecule has 58 valence electrons. The van der Waals surface area contributed by atoms with Gasteiger partial charge in [-0.1, -0.05) is 18.6 Å². The summed E-state index contributed by atoms with van der Waals surface area (Å²) in [5.41, 5.74) is 7.07. The molecule has 2 nitrogen and oxygen atoms in total. The monoisotopic (exact) mass is 140 g/mol. The normalized spacial score (nSPS) is 22.0. The highest BCUT2D eigenvalue weighted by atomic mass is 14.8. The van der Waals surface area contributed by atoms with Crippen LogP contribution in [0.3, 0.4) is 0 Å². The van der Waals surface area contributed by atoms with Crippen LogP contribution in [0.15, 0.2) is 11.6 Å². The maximum absolute atomic E-state index is 5.54. The Bertz CT molecular complexity index is 129. The van der Waals surface area contributed by atoms with Gasteiger partial charge < -0.3 is 11.1 Å². The van der Waals surface area contributed by atoms with Crippen molar-refractivity contribution in [1.29, 1.82) is 0 Å². The number of nitrogens with two attached hydrogens (primary N) is 1. The van der Waals surface area contributed by atoms with Crippen molar-refractivity contribution in [3.63, 3.8) is 0 Å². The van der Waals surface area contributed by atoms with Crippen LogP contribution in [-0.4, -0.2) is 19.6 Å². The fourth-order valence-electron chi connectivity index (χ4n) is 1.24. The molecule has 0 aromatic rings. The van der Waals surface area contributed by atoms with Crippen LogP contribution in [-0.2, 0) is 0 Å². The molecule has 10 heavy (non-hydrogen) atoms. The molecule has 0 amide bonds. The lowest BCUT2D eigenvalue weighted by atomic mass is 9.96. The average molecular weight is 140 g/mol. The summed E-state index contributed by atoms with van der Waals surface area (Å²) in [7, 11) is 0. The van der Waals surface area contributed by atoms with E-state index in [1.165, 1.54) is 12.0 Å². The topological polar surface area (TPSA) is 38.0 Å². The molecule has 1 unspecified atom stereocenters. The van der Waals surface area contributed by atoms with Gasteiger partial charge in [0.2, 0.25) is 0 Å². The van der Waals surface area contributed by atoms with Crippen molar-refractivity contribution in [3.8, 4) is 0 Å². The van der Waals surface area contributed by atoms with E-state index in [-0.39, 0.29) is 0 Å². The summed E-state index contributed by atoms with van der Waals surface area (Å²) in [5, 5.41) is 3.28. The zero-order valence-corrected chi connectivity index (χ0v) is 6.56. The zero-order chi connectivity index (χ0) is 7.40. The van der Waals surface area contributed by atoms with Crippen molar-refractivity contribution in [2.45, 2.75) is 13.3 Å². The van der Waals surface area contributed by atoms with Crippen LogP contribution in [0.5, 0.6) is 0 Å². The summed E-state index contributed by atoms with van der Waals surface area (Å²) in [6, 6.07) is 0. The van der Waals surface area contributed by atoms with Crippen LogP contribution in [0.4, 0.5) is 0 Å². The minimum absolute atomic E-state index is 0.585. The highest BCUT2D eigenvalue weighted by Gasteiger charge is 2.08. The minimum Gasteiger partial charge on any atom is -0.330 e. The minimum atomic E-state index is 0.585. The molecule has 1 heterocycles. The van der Waals surface area contributed by atoms with Gasteiger partial charge in [-0.05, 0) is 25.4 Å². The molecule has 1 rings (SSSR count). The van der Waals surface area contributed by atoms with Gasteiger partial charge in [0.15, 0.2) is 0 Å². The summed E-state index contributed by atoms with van der Waals surface area (Å²) in [4.78, 5) is 0. The summed E-state index contributed by atoms with van der Waals surface area (Å²) < 4.78 is 0. The molecule has 0 fully saturated rings. The third kappa shape index (κ3) is 1.82. The average Bonchev–Trinajstić information content (AvgIpc) is 2.05. The number of nitrogens with one attached hydrogen (secondary N) is 1. The number of rotatable bonds is 2. The molecule has 2 heteroatoms. The first-order valence-corrected chi connectivity index (χ1v) is 3.94. The lowest BCUT2D eigenvalue weighted by Crippen LogP contribution is -2.25. The number of hydrogen-bond acceptors (Lipinski definition) is 2. The Morgan fingerprint density at radius 2 is 2.60 bits per heavy atom. The maximum Gasteiger partial charge on any atom is 0.0137 e. The number of hydrogen-bond donors (Lipinski definition) is 2. The van der Waals surface area contributed by atoms with E-state index in [0.717, 1.165) is 19.6 Å². The molecule has 1 aliphatic rings. The predicted octanol–water partition coefficient (Wildman–Crippen LogP) is 0.501. The molecule has 0 aromatic heterocycles. The Labute approximate surface area is 62.5 Å². The van der Waals surface area contributed by atoms with E-state index >= 15 is 0 Å².